The van der Waals surface area contributed by atoms with E-state index >= 15 is 0 Å². The van der Waals surface area contributed by atoms with Gasteiger partial charge in [-0.05, 0) is 18.1 Å². The summed E-state index contributed by atoms with van der Waals surface area (Å²) in [5.74, 6) is -0.440. The maximum atomic E-state index is 13.6. The third-order valence-electron chi connectivity index (χ3n) is 2.58. The van der Waals surface area contributed by atoms with Gasteiger partial charge in [-0.15, -0.1) is 0 Å². The van der Waals surface area contributed by atoms with Gasteiger partial charge in [0.2, 0.25) is 5.91 Å². The Balaban J connectivity index is 2.41. The van der Waals surface area contributed by atoms with Gasteiger partial charge in [0.25, 0.3) is 0 Å². The molecule has 0 fully saturated rings. The van der Waals surface area contributed by atoms with E-state index in [9.17, 15) is 9.18 Å². The fraction of sp³-hybridized carbons (Fsp3) is 0.462. The molecule has 0 heterocycles. The molecule has 100 valence electrons. The molecule has 0 aliphatic rings. The van der Waals surface area contributed by atoms with Crippen molar-refractivity contribution in [1.82, 2.24) is 5.32 Å². The minimum Gasteiger partial charge on any atom is -0.385 e. The Morgan fingerprint density at radius 2 is 2.28 bits per heavy atom. The Labute approximate surface area is 106 Å². The van der Waals surface area contributed by atoms with Crippen molar-refractivity contribution in [2.24, 2.45) is 5.73 Å². The van der Waals surface area contributed by atoms with E-state index in [0.29, 0.717) is 31.6 Å². The van der Waals surface area contributed by atoms with E-state index in [1.165, 1.54) is 6.07 Å². The van der Waals surface area contributed by atoms with Crippen LogP contribution >= 0.6 is 0 Å². The van der Waals surface area contributed by atoms with Crippen LogP contribution < -0.4 is 11.1 Å². The summed E-state index contributed by atoms with van der Waals surface area (Å²) in [5.41, 5.74) is 6.61. The van der Waals surface area contributed by atoms with Gasteiger partial charge >= 0.3 is 0 Å². The molecule has 3 N–H and O–H groups in total. The molecule has 0 aliphatic carbocycles. The lowest BCUT2D eigenvalue weighted by Crippen LogP contribution is -2.23. The maximum absolute atomic E-state index is 13.6. The van der Waals surface area contributed by atoms with Crippen LogP contribution in [-0.4, -0.2) is 19.6 Å². The number of hydrogen-bond donors (Lipinski definition) is 2. The fourth-order valence-electron chi connectivity index (χ4n) is 1.52. The molecule has 0 atom stereocenters. The predicted molar refractivity (Wildman–Crippen MR) is 67.2 cm³/mol. The number of methoxy groups -OCH3 is 1. The van der Waals surface area contributed by atoms with Crippen LogP contribution in [0, 0.1) is 5.82 Å². The molecular weight excluding hydrogens is 235 g/mol. The zero-order chi connectivity index (χ0) is 13.4. The van der Waals surface area contributed by atoms with Crippen LogP contribution in [0.4, 0.5) is 4.39 Å². The molecule has 0 bridgehead atoms. The van der Waals surface area contributed by atoms with Gasteiger partial charge in [-0.1, -0.05) is 12.1 Å². The molecule has 0 saturated carbocycles. The number of nitrogens with two attached hydrogens (primary N) is 1. The van der Waals surface area contributed by atoms with Crippen LogP contribution in [0.5, 0.6) is 0 Å². The number of benzene rings is 1. The second-order valence-corrected chi connectivity index (χ2v) is 4.00. The predicted octanol–water partition coefficient (Wildman–Crippen LogP) is 1.33. The number of rotatable bonds is 7. The number of carbonyl (C=O) groups excluding carboxylic acids is 1. The molecule has 0 unspecified atom stereocenters. The Bertz CT molecular complexity index is 397. The zero-order valence-electron chi connectivity index (χ0n) is 10.5. The van der Waals surface area contributed by atoms with Crippen LogP contribution in [0.3, 0.4) is 0 Å². The molecule has 0 aromatic heterocycles. The molecule has 0 aliphatic heterocycles. The number of ether oxygens (including phenoxy) is 1. The largest absolute Gasteiger partial charge is 0.385 e. The standard InChI is InChI=1S/C13H19FN2O2/c1-18-6-2-3-13(17)16-9-11-5-4-10(8-15)7-12(11)14/h4-5,7H,2-3,6,8-9,15H2,1H3,(H,16,17). The van der Waals surface area contributed by atoms with Crippen molar-refractivity contribution in [2.75, 3.05) is 13.7 Å². The first-order valence-electron chi connectivity index (χ1n) is 5.90. The van der Waals surface area contributed by atoms with Crippen molar-refractivity contribution >= 4 is 5.91 Å². The summed E-state index contributed by atoms with van der Waals surface area (Å²) in [5, 5.41) is 2.67. The second-order valence-electron chi connectivity index (χ2n) is 4.00. The lowest BCUT2D eigenvalue weighted by atomic mass is 10.1. The first-order valence-corrected chi connectivity index (χ1v) is 5.90. The Hall–Kier alpha value is -1.46. The van der Waals surface area contributed by atoms with Crippen molar-refractivity contribution in [1.29, 1.82) is 0 Å². The van der Waals surface area contributed by atoms with Crippen molar-refractivity contribution in [3.8, 4) is 0 Å². The average Bonchev–Trinajstić information content (AvgIpc) is 2.37. The lowest BCUT2D eigenvalue weighted by molar-refractivity contribution is -0.121. The molecule has 4 nitrogen and oxygen atoms in total. The lowest BCUT2D eigenvalue weighted by Gasteiger charge is -2.07. The van der Waals surface area contributed by atoms with Crippen LogP contribution in [0.2, 0.25) is 0 Å². The smallest absolute Gasteiger partial charge is 0.220 e. The van der Waals surface area contributed by atoms with Crippen LogP contribution in [0.1, 0.15) is 24.0 Å². The highest BCUT2D eigenvalue weighted by Crippen LogP contribution is 2.10. The minimum absolute atomic E-state index is 0.102. The summed E-state index contributed by atoms with van der Waals surface area (Å²) < 4.78 is 18.4. The monoisotopic (exact) mass is 254 g/mol. The summed E-state index contributed by atoms with van der Waals surface area (Å²) in [6, 6.07) is 4.80. The van der Waals surface area contributed by atoms with E-state index in [-0.39, 0.29) is 18.3 Å². The highest BCUT2D eigenvalue weighted by atomic mass is 19.1. The van der Waals surface area contributed by atoms with Gasteiger partial charge in [-0.25, -0.2) is 4.39 Å². The number of nitrogens with one attached hydrogen (secondary N) is 1. The van der Waals surface area contributed by atoms with Crippen molar-refractivity contribution in [3.05, 3.63) is 35.1 Å². The van der Waals surface area contributed by atoms with Crippen LogP contribution in [-0.2, 0) is 22.6 Å². The van der Waals surface area contributed by atoms with Gasteiger partial charge in [0.05, 0.1) is 0 Å². The molecule has 5 heteroatoms. The van der Waals surface area contributed by atoms with Gasteiger partial charge in [0, 0.05) is 38.8 Å². The van der Waals surface area contributed by atoms with E-state index in [1.54, 1.807) is 19.2 Å². The first-order chi connectivity index (χ1) is 8.67. The molecule has 18 heavy (non-hydrogen) atoms. The first kappa shape index (κ1) is 14.6. The van der Waals surface area contributed by atoms with Gasteiger partial charge in [0.1, 0.15) is 5.82 Å². The van der Waals surface area contributed by atoms with Crippen molar-refractivity contribution < 1.29 is 13.9 Å². The maximum Gasteiger partial charge on any atom is 0.220 e. The molecule has 1 amide bonds. The van der Waals surface area contributed by atoms with Gasteiger partial charge in [0.15, 0.2) is 0 Å². The summed E-state index contributed by atoms with van der Waals surface area (Å²) in [6.45, 7) is 1.05. The van der Waals surface area contributed by atoms with E-state index in [4.69, 9.17) is 10.5 Å². The average molecular weight is 254 g/mol. The fourth-order valence-corrected chi connectivity index (χ4v) is 1.52. The highest BCUT2D eigenvalue weighted by molar-refractivity contribution is 5.75. The Morgan fingerprint density at radius 3 is 2.89 bits per heavy atom. The van der Waals surface area contributed by atoms with Crippen LogP contribution in [0.25, 0.3) is 0 Å². The Kier molecular flexibility index (Phi) is 6.32. The summed E-state index contributed by atoms with van der Waals surface area (Å²) in [7, 11) is 1.59. The van der Waals surface area contributed by atoms with Crippen molar-refractivity contribution in [2.45, 2.75) is 25.9 Å². The normalized spacial score (nSPS) is 10.4. The third-order valence-corrected chi connectivity index (χ3v) is 2.58. The van der Waals surface area contributed by atoms with E-state index in [0.717, 1.165) is 5.56 Å². The van der Waals surface area contributed by atoms with Crippen LogP contribution in [0.15, 0.2) is 18.2 Å². The third kappa shape index (κ3) is 4.81. The number of amides is 1. The van der Waals surface area contributed by atoms with Gasteiger partial charge in [-0.3, -0.25) is 4.79 Å². The number of hydrogen-bond acceptors (Lipinski definition) is 3. The van der Waals surface area contributed by atoms with Gasteiger partial charge < -0.3 is 15.8 Å². The molecule has 1 aromatic rings. The van der Waals surface area contributed by atoms with E-state index in [2.05, 4.69) is 5.32 Å². The molecule has 0 radical (unpaired) electrons. The second kappa shape index (κ2) is 7.79. The quantitative estimate of drug-likeness (QED) is 0.721. The van der Waals surface area contributed by atoms with Gasteiger partial charge in [-0.2, -0.15) is 0 Å². The minimum atomic E-state index is -0.338. The van der Waals surface area contributed by atoms with E-state index in [1.807, 2.05) is 0 Å². The van der Waals surface area contributed by atoms with Crippen molar-refractivity contribution in [3.63, 3.8) is 0 Å². The summed E-state index contributed by atoms with van der Waals surface area (Å²) in [6.07, 6.45) is 1.05. The molecule has 1 aromatic carbocycles. The number of carbonyl (C=O) groups is 1. The molecule has 0 spiro atoms. The number of halogens is 1. The molecule has 0 saturated heterocycles. The zero-order valence-corrected chi connectivity index (χ0v) is 10.5. The summed E-state index contributed by atoms with van der Waals surface area (Å²) in [4.78, 5) is 11.4. The molecule has 1 rings (SSSR count). The SMILES string of the molecule is COCCCC(=O)NCc1ccc(CN)cc1F. The Morgan fingerprint density at radius 1 is 1.50 bits per heavy atom. The van der Waals surface area contributed by atoms with E-state index < -0.39 is 0 Å². The highest BCUT2D eigenvalue weighted by Gasteiger charge is 2.05. The topological polar surface area (TPSA) is 64.3 Å². The molecular formula is C13H19FN2O2. The summed E-state index contributed by atoms with van der Waals surface area (Å²) >= 11 is 0.